The fraction of sp³-hybridized carbons (Fsp3) is 0.375. The van der Waals surface area contributed by atoms with E-state index in [0.717, 1.165) is 19.4 Å². The average molecular weight is 421 g/mol. The number of carbonyl (C=O) groups excluding carboxylic acids is 3. The molecule has 1 unspecified atom stereocenters. The van der Waals surface area contributed by atoms with Gasteiger partial charge < -0.3 is 10.1 Å². The van der Waals surface area contributed by atoms with Crippen LogP contribution in [0.4, 0.5) is 4.79 Å². The summed E-state index contributed by atoms with van der Waals surface area (Å²) in [4.78, 5) is 42.2. The number of imide groups is 1. The minimum Gasteiger partial charge on any atom is -0.466 e. The number of nitrogens with zero attached hydrogens (tertiary/aromatic N) is 2. The van der Waals surface area contributed by atoms with E-state index in [1.165, 1.54) is 4.90 Å². The lowest BCUT2D eigenvalue weighted by molar-refractivity contribution is -0.150. The number of carbonyl (C=O) groups is 3. The van der Waals surface area contributed by atoms with Gasteiger partial charge in [0.15, 0.2) is 5.54 Å². The van der Waals surface area contributed by atoms with Gasteiger partial charge in [-0.2, -0.15) is 0 Å². The van der Waals surface area contributed by atoms with Crippen molar-refractivity contribution < 1.29 is 19.1 Å². The van der Waals surface area contributed by atoms with Crippen LogP contribution in [0.25, 0.3) is 0 Å². The summed E-state index contributed by atoms with van der Waals surface area (Å²) in [5.41, 5.74) is 0.158. The van der Waals surface area contributed by atoms with Crippen LogP contribution in [0, 0.1) is 5.92 Å². The summed E-state index contributed by atoms with van der Waals surface area (Å²) in [6.45, 7) is 3.47. The van der Waals surface area contributed by atoms with Crippen molar-refractivity contribution in [2.75, 3.05) is 26.4 Å². The Labute approximate surface area is 182 Å². The molecule has 1 N–H and O–H groups in total. The van der Waals surface area contributed by atoms with Gasteiger partial charge in [-0.15, -0.1) is 0 Å². The SMILES string of the molecule is CCOC(=O)C1CCCN(CN2C(=O)NC(c3ccccc3)(c3ccccc3)C2=O)C1. The van der Waals surface area contributed by atoms with Crippen LogP contribution < -0.4 is 5.32 Å². The van der Waals surface area contributed by atoms with Crippen molar-refractivity contribution in [3.63, 3.8) is 0 Å². The summed E-state index contributed by atoms with van der Waals surface area (Å²) in [6, 6.07) is 18.2. The highest BCUT2D eigenvalue weighted by atomic mass is 16.5. The average Bonchev–Trinajstić information content (AvgIpc) is 3.06. The van der Waals surface area contributed by atoms with Crippen molar-refractivity contribution in [3.05, 3.63) is 71.8 Å². The molecule has 2 fully saturated rings. The molecule has 7 nitrogen and oxygen atoms in total. The van der Waals surface area contributed by atoms with Gasteiger partial charge in [-0.1, -0.05) is 60.7 Å². The number of nitrogens with one attached hydrogen (secondary N) is 1. The highest BCUT2D eigenvalue weighted by molar-refractivity contribution is 6.09. The molecule has 7 heteroatoms. The van der Waals surface area contributed by atoms with E-state index >= 15 is 0 Å². The zero-order valence-electron chi connectivity index (χ0n) is 17.6. The molecule has 0 spiro atoms. The van der Waals surface area contributed by atoms with Crippen LogP contribution in [-0.2, 0) is 19.9 Å². The predicted molar refractivity (Wildman–Crippen MR) is 115 cm³/mol. The number of ether oxygens (including phenoxy) is 1. The zero-order chi connectivity index (χ0) is 21.8. The molecular formula is C24H27N3O4. The number of urea groups is 1. The van der Waals surface area contributed by atoms with Gasteiger partial charge in [0.2, 0.25) is 0 Å². The van der Waals surface area contributed by atoms with E-state index in [4.69, 9.17) is 4.74 Å². The van der Waals surface area contributed by atoms with E-state index in [9.17, 15) is 14.4 Å². The molecule has 162 valence electrons. The maximum absolute atomic E-state index is 13.8. The predicted octanol–water partition coefficient (Wildman–Crippen LogP) is 2.71. The minimum absolute atomic E-state index is 0.141. The number of benzene rings is 2. The molecule has 2 aromatic carbocycles. The molecule has 0 radical (unpaired) electrons. The Bertz CT molecular complexity index is 908. The van der Waals surface area contributed by atoms with Gasteiger partial charge in [-0.25, -0.2) is 9.69 Å². The first-order chi connectivity index (χ1) is 15.1. The fourth-order valence-electron chi connectivity index (χ4n) is 4.48. The summed E-state index contributed by atoms with van der Waals surface area (Å²) in [6.07, 6.45) is 1.57. The van der Waals surface area contributed by atoms with Gasteiger partial charge in [0.05, 0.1) is 19.2 Å². The molecule has 2 aliphatic heterocycles. The largest absolute Gasteiger partial charge is 0.466 e. The third-order valence-electron chi connectivity index (χ3n) is 5.99. The van der Waals surface area contributed by atoms with Crippen LogP contribution in [0.15, 0.2) is 60.7 Å². The molecule has 3 amide bonds. The van der Waals surface area contributed by atoms with Crippen LogP contribution >= 0.6 is 0 Å². The number of rotatable bonds is 6. The Hall–Kier alpha value is -3.19. The highest BCUT2D eigenvalue weighted by Gasteiger charge is 2.54. The van der Waals surface area contributed by atoms with Crippen molar-refractivity contribution in [2.45, 2.75) is 25.3 Å². The molecule has 0 saturated carbocycles. The van der Waals surface area contributed by atoms with Gasteiger partial charge in [0, 0.05) is 6.54 Å². The molecule has 2 aliphatic rings. The number of hydrogen-bond donors (Lipinski definition) is 1. The monoisotopic (exact) mass is 421 g/mol. The number of amides is 3. The first-order valence-electron chi connectivity index (χ1n) is 10.7. The first-order valence-corrected chi connectivity index (χ1v) is 10.7. The van der Waals surface area contributed by atoms with Crippen molar-refractivity contribution in [1.82, 2.24) is 15.1 Å². The minimum atomic E-state index is -1.27. The van der Waals surface area contributed by atoms with Crippen LogP contribution in [0.5, 0.6) is 0 Å². The van der Waals surface area contributed by atoms with E-state index < -0.39 is 11.6 Å². The second-order valence-corrected chi connectivity index (χ2v) is 7.96. The summed E-state index contributed by atoms with van der Waals surface area (Å²) >= 11 is 0. The van der Waals surface area contributed by atoms with Gasteiger partial charge in [0.1, 0.15) is 0 Å². The Kier molecular flexibility index (Phi) is 6.04. The Balaban J connectivity index is 1.60. The summed E-state index contributed by atoms with van der Waals surface area (Å²) in [5, 5.41) is 2.96. The molecular weight excluding hydrogens is 394 g/mol. The lowest BCUT2D eigenvalue weighted by Crippen LogP contribution is -2.48. The van der Waals surface area contributed by atoms with Crippen LogP contribution in [-0.4, -0.2) is 54.1 Å². The van der Waals surface area contributed by atoms with E-state index in [-0.39, 0.29) is 24.5 Å². The first kappa shape index (κ1) is 21.1. The normalized spacial score (nSPS) is 21.1. The third-order valence-corrected chi connectivity index (χ3v) is 5.99. The topological polar surface area (TPSA) is 79.0 Å². The van der Waals surface area contributed by atoms with Crippen LogP contribution in [0.3, 0.4) is 0 Å². The van der Waals surface area contributed by atoms with E-state index in [1.54, 1.807) is 6.92 Å². The number of hydrogen-bond acceptors (Lipinski definition) is 5. The van der Waals surface area contributed by atoms with Crippen molar-refractivity contribution in [1.29, 1.82) is 0 Å². The molecule has 0 bridgehead atoms. The fourth-order valence-corrected chi connectivity index (χ4v) is 4.48. The standard InChI is InChI=1S/C24H27N3O4/c1-2-31-21(28)18-10-9-15-26(16-18)17-27-22(29)24(25-23(27)30,19-11-5-3-6-12-19)20-13-7-4-8-14-20/h3-8,11-14,18H,2,9-10,15-17H2,1H3,(H,25,30). The van der Waals surface area contributed by atoms with Gasteiger partial charge in [-0.05, 0) is 37.4 Å². The second-order valence-electron chi connectivity index (χ2n) is 7.96. The molecule has 2 heterocycles. The summed E-state index contributed by atoms with van der Waals surface area (Å²) in [5.74, 6) is -0.761. The smallest absolute Gasteiger partial charge is 0.326 e. The lowest BCUT2D eigenvalue weighted by atomic mass is 9.83. The van der Waals surface area contributed by atoms with Gasteiger partial charge >= 0.3 is 12.0 Å². The Morgan fingerprint density at radius 2 is 1.68 bits per heavy atom. The summed E-state index contributed by atoms with van der Waals surface area (Å²) < 4.78 is 5.17. The van der Waals surface area contributed by atoms with Crippen LogP contribution in [0.1, 0.15) is 30.9 Å². The summed E-state index contributed by atoms with van der Waals surface area (Å²) in [7, 11) is 0. The molecule has 0 aromatic heterocycles. The number of piperidine rings is 1. The maximum Gasteiger partial charge on any atom is 0.326 e. The van der Waals surface area contributed by atoms with Crippen molar-refractivity contribution in [3.8, 4) is 0 Å². The van der Waals surface area contributed by atoms with Crippen LogP contribution in [0.2, 0.25) is 0 Å². The maximum atomic E-state index is 13.8. The molecule has 31 heavy (non-hydrogen) atoms. The quantitative estimate of drug-likeness (QED) is 0.573. The Morgan fingerprint density at radius 1 is 1.06 bits per heavy atom. The van der Waals surface area contributed by atoms with Gasteiger partial charge in [0.25, 0.3) is 5.91 Å². The molecule has 0 aliphatic carbocycles. The molecule has 4 rings (SSSR count). The lowest BCUT2D eigenvalue weighted by Gasteiger charge is -2.34. The molecule has 1 atom stereocenters. The number of likely N-dealkylation sites (tertiary alicyclic amines) is 1. The number of esters is 1. The third kappa shape index (κ3) is 3.93. The van der Waals surface area contributed by atoms with E-state index in [0.29, 0.717) is 24.3 Å². The van der Waals surface area contributed by atoms with Crippen molar-refractivity contribution in [2.24, 2.45) is 5.92 Å². The van der Waals surface area contributed by atoms with Crippen molar-refractivity contribution >= 4 is 17.9 Å². The van der Waals surface area contributed by atoms with E-state index in [2.05, 4.69) is 5.32 Å². The second kappa shape index (κ2) is 8.89. The molecule has 2 aromatic rings. The Morgan fingerprint density at radius 3 is 2.26 bits per heavy atom. The van der Waals surface area contributed by atoms with Gasteiger partial charge in [-0.3, -0.25) is 14.5 Å². The zero-order valence-corrected chi connectivity index (χ0v) is 17.6. The van der Waals surface area contributed by atoms with E-state index in [1.807, 2.05) is 65.6 Å². The molecule has 2 saturated heterocycles. The highest BCUT2D eigenvalue weighted by Crippen LogP contribution is 2.36.